The molecular weight excluding hydrogens is 404 g/mol. The SMILES string of the molecule is COc1ccc(OC)c(C(=O)/C=C/c2ccc(OC)c(COc3cc(C)ccc3C)c2)c1. The van der Waals surface area contributed by atoms with Gasteiger partial charge in [-0.25, -0.2) is 0 Å². The smallest absolute Gasteiger partial charge is 0.189 e. The molecule has 0 aliphatic heterocycles. The molecule has 3 aromatic rings. The summed E-state index contributed by atoms with van der Waals surface area (Å²) in [6.07, 6.45) is 3.29. The Morgan fingerprint density at radius 3 is 2.28 bits per heavy atom. The highest BCUT2D eigenvalue weighted by molar-refractivity contribution is 6.08. The van der Waals surface area contributed by atoms with Gasteiger partial charge in [0.2, 0.25) is 0 Å². The van der Waals surface area contributed by atoms with Crippen molar-refractivity contribution in [3.05, 3.63) is 88.5 Å². The number of ketones is 1. The molecule has 0 heterocycles. The Morgan fingerprint density at radius 2 is 1.56 bits per heavy atom. The van der Waals surface area contributed by atoms with Gasteiger partial charge in [0.25, 0.3) is 0 Å². The van der Waals surface area contributed by atoms with Crippen molar-refractivity contribution in [2.24, 2.45) is 0 Å². The van der Waals surface area contributed by atoms with Crippen LogP contribution in [0.3, 0.4) is 0 Å². The Bertz CT molecular complexity index is 1130. The molecule has 3 aromatic carbocycles. The van der Waals surface area contributed by atoms with Gasteiger partial charge < -0.3 is 18.9 Å². The number of ether oxygens (including phenoxy) is 4. The summed E-state index contributed by atoms with van der Waals surface area (Å²) < 4.78 is 22.1. The molecule has 0 fully saturated rings. The normalized spacial score (nSPS) is 10.8. The Kier molecular flexibility index (Phi) is 7.55. The first-order valence-electron chi connectivity index (χ1n) is 10.3. The van der Waals surface area contributed by atoms with E-state index in [1.165, 1.54) is 13.2 Å². The molecule has 0 aromatic heterocycles. The molecule has 0 aliphatic carbocycles. The van der Waals surface area contributed by atoms with Crippen molar-refractivity contribution < 1.29 is 23.7 Å². The molecule has 0 aliphatic rings. The summed E-state index contributed by atoms with van der Waals surface area (Å²) in [6.45, 7) is 4.41. The third-order valence-electron chi connectivity index (χ3n) is 5.13. The van der Waals surface area contributed by atoms with Crippen LogP contribution >= 0.6 is 0 Å². The quantitative estimate of drug-likeness (QED) is 0.316. The molecule has 0 saturated carbocycles. The largest absolute Gasteiger partial charge is 0.497 e. The van der Waals surface area contributed by atoms with Crippen molar-refractivity contribution in [2.45, 2.75) is 20.5 Å². The molecule has 0 saturated heterocycles. The molecule has 32 heavy (non-hydrogen) atoms. The highest BCUT2D eigenvalue weighted by Gasteiger charge is 2.12. The minimum absolute atomic E-state index is 0.176. The molecule has 0 N–H and O–H groups in total. The molecule has 166 valence electrons. The van der Waals surface area contributed by atoms with Gasteiger partial charge in [-0.1, -0.05) is 24.3 Å². The zero-order chi connectivity index (χ0) is 23.1. The van der Waals surface area contributed by atoms with E-state index in [4.69, 9.17) is 18.9 Å². The topological polar surface area (TPSA) is 54.0 Å². The van der Waals surface area contributed by atoms with Gasteiger partial charge in [-0.15, -0.1) is 0 Å². The third-order valence-corrected chi connectivity index (χ3v) is 5.13. The Morgan fingerprint density at radius 1 is 0.812 bits per heavy atom. The number of carbonyl (C=O) groups is 1. The maximum absolute atomic E-state index is 12.8. The third kappa shape index (κ3) is 5.49. The van der Waals surface area contributed by atoms with Gasteiger partial charge in [0, 0.05) is 5.56 Å². The molecule has 0 radical (unpaired) electrons. The first-order chi connectivity index (χ1) is 15.4. The van der Waals surface area contributed by atoms with Gasteiger partial charge >= 0.3 is 0 Å². The fraction of sp³-hybridized carbons (Fsp3) is 0.222. The zero-order valence-corrected chi connectivity index (χ0v) is 19.1. The maximum atomic E-state index is 12.8. The summed E-state index contributed by atoms with van der Waals surface area (Å²) in [7, 11) is 4.73. The van der Waals surface area contributed by atoms with Crippen LogP contribution in [0, 0.1) is 13.8 Å². The number of rotatable bonds is 9. The lowest BCUT2D eigenvalue weighted by molar-refractivity contribution is 0.104. The zero-order valence-electron chi connectivity index (χ0n) is 19.1. The Balaban J connectivity index is 1.81. The molecule has 0 unspecified atom stereocenters. The average molecular weight is 433 g/mol. The van der Waals surface area contributed by atoms with Crippen LogP contribution in [0.15, 0.2) is 60.7 Å². The Hall–Kier alpha value is -3.73. The summed E-state index contributed by atoms with van der Waals surface area (Å²) in [5, 5.41) is 0. The summed E-state index contributed by atoms with van der Waals surface area (Å²) in [4.78, 5) is 12.8. The van der Waals surface area contributed by atoms with Gasteiger partial charge in [0.05, 0.1) is 26.9 Å². The molecule has 0 amide bonds. The van der Waals surface area contributed by atoms with Crippen LogP contribution in [0.2, 0.25) is 0 Å². The van der Waals surface area contributed by atoms with Crippen LogP contribution < -0.4 is 18.9 Å². The van der Waals surface area contributed by atoms with Gasteiger partial charge in [-0.3, -0.25) is 4.79 Å². The van der Waals surface area contributed by atoms with Gasteiger partial charge in [-0.2, -0.15) is 0 Å². The maximum Gasteiger partial charge on any atom is 0.189 e. The number of allylic oxidation sites excluding steroid dienone is 1. The monoisotopic (exact) mass is 432 g/mol. The van der Waals surface area contributed by atoms with Gasteiger partial charge in [0.15, 0.2) is 5.78 Å². The van der Waals surface area contributed by atoms with E-state index in [-0.39, 0.29) is 5.78 Å². The lowest BCUT2D eigenvalue weighted by Gasteiger charge is -2.13. The van der Waals surface area contributed by atoms with Crippen LogP contribution in [-0.4, -0.2) is 27.1 Å². The predicted molar refractivity (Wildman–Crippen MR) is 126 cm³/mol. The second-order valence-electron chi connectivity index (χ2n) is 7.39. The fourth-order valence-electron chi connectivity index (χ4n) is 3.30. The van der Waals surface area contributed by atoms with Crippen molar-refractivity contribution in [3.63, 3.8) is 0 Å². The number of methoxy groups -OCH3 is 3. The van der Waals surface area contributed by atoms with Crippen molar-refractivity contribution in [2.75, 3.05) is 21.3 Å². The molecule has 0 atom stereocenters. The van der Waals surface area contributed by atoms with Gasteiger partial charge in [-0.05, 0) is 73.0 Å². The first-order valence-corrected chi connectivity index (χ1v) is 10.3. The number of benzene rings is 3. The summed E-state index contributed by atoms with van der Waals surface area (Å²) >= 11 is 0. The predicted octanol–water partition coefficient (Wildman–Crippen LogP) is 5.80. The van der Waals surface area contributed by atoms with E-state index in [0.29, 0.717) is 23.7 Å². The minimum atomic E-state index is -0.176. The van der Waals surface area contributed by atoms with Crippen LogP contribution in [0.4, 0.5) is 0 Å². The highest BCUT2D eigenvalue weighted by Crippen LogP contribution is 2.27. The van der Waals surface area contributed by atoms with Crippen LogP contribution in [0.5, 0.6) is 23.0 Å². The lowest BCUT2D eigenvalue weighted by atomic mass is 10.1. The van der Waals surface area contributed by atoms with E-state index < -0.39 is 0 Å². The van der Waals surface area contributed by atoms with Crippen molar-refractivity contribution in [3.8, 4) is 23.0 Å². The van der Waals surface area contributed by atoms with Crippen molar-refractivity contribution >= 4 is 11.9 Å². The molecule has 0 spiro atoms. The van der Waals surface area contributed by atoms with Crippen molar-refractivity contribution in [1.29, 1.82) is 0 Å². The number of aryl methyl sites for hydroxylation is 2. The first kappa shape index (κ1) is 22.9. The lowest BCUT2D eigenvalue weighted by Crippen LogP contribution is -2.01. The van der Waals surface area contributed by atoms with E-state index in [1.54, 1.807) is 38.5 Å². The fourth-order valence-corrected chi connectivity index (χ4v) is 3.30. The van der Waals surface area contributed by atoms with E-state index in [9.17, 15) is 4.79 Å². The second-order valence-corrected chi connectivity index (χ2v) is 7.39. The molecular formula is C27H28O5. The number of carbonyl (C=O) groups excluding carboxylic acids is 1. The van der Waals surface area contributed by atoms with E-state index >= 15 is 0 Å². The van der Waals surface area contributed by atoms with Gasteiger partial charge in [0.1, 0.15) is 29.6 Å². The van der Waals surface area contributed by atoms with E-state index in [1.807, 2.05) is 44.2 Å². The number of hydrogen-bond donors (Lipinski definition) is 0. The van der Waals surface area contributed by atoms with E-state index in [2.05, 4.69) is 6.07 Å². The van der Waals surface area contributed by atoms with Crippen LogP contribution in [0.1, 0.15) is 32.6 Å². The Labute approximate surface area is 189 Å². The molecule has 0 bridgehead atoms. The summed E-state index contributed by atoms with van der Waals surface area (Å²) in [5.41, 5.74) is 4.40. The number of hydrogen-bond acceptors (Lipinski definition) is 5. The van der Waals surface area contributed by atoms with Crippen LogP contribution in [0.25, 0.3) is 6.08 Å². The van der Waals surface area contributed by atoms with Crippen molar-refractivity contribution in [1.82, 2.24) is 0 Å². The highest BCUT2D eigenvalue weighted by atomic mass is 16.5. The minimum Gasteiger partial charge on any atom is -0.497 e. The molecule has 5 heteroatoms. The average Bonchev–Trinajstić information content (AvgIpc) is 2.82. The molecule has 5 nitrogen and oxygen atoms in total. The summed E-state index contributed by atoms with van der Waals surface area (Å²) in [6, 6.07) is 17.0. The van der Waals surface area contributed by atoms with Crippen LogP contribution in [-0.2, 0) is 6.61 Å². The summed E-state index contributed by atoms with van der Waals surface area (Å²) in [5.74, 6) is 2.49. The van der Waals surface area contributed by atoms with E-state index in [0.717, 1.165) is 33.8 Å². The standard InChI is InChI=1S/C27H28O5/c1-18-6-7-19(2)27(14-18)32-17-21-15-20(9-12-25(21)30-4)8-11-24(28)23-16-22(29-3)10-13-26(23)31-5/h6-16H,17H2,1-5H3/b11-8+. The second kappa shape index (κ2) is 10.5. The molecule has 3 rings (SSSR count).